The molecule has 1 heterocycles. The summed E-state index contributed by atoms with van der Waals surface area (Å²) in [4.78, 5) is 4.68. The smallest absolute Gasteiger partial charge is 0.134 e. The maximum absolute atomic E-state index is 9.53. The lowest BCUT2D eigenvalue weighted by Gasteiger charge is -2.02. The number of benzene rings is 3. The number of allylic oxidation sites excluding steroid dienone is 1. The summed E-state index contributed by atoms with van der Waals surface area (Å²) < 4.78 is 0. The number of rotatable bonds is 4. The molecule has 0 amide bonds. The highest BCUT2D eigenvalue weighted by atomic mass is 32.1. The third-order valence-electron chi connectivity index (χ3n) is 4.25. The zero-order valence-corrected chi connectivity index (χ0v) is 15.4. The van der Waals surface area contributed by atoms with Crippen molar-refractivity contribution in [2.24, 2.45) is 0 Å². The minimum atomic E-state index is 0.582. The Bertz CT molecular complexity index is 1100. The summed E-state index contributed by atoms with van der Waals surface area (Å²) in [6.07, 6.45) is 1.88. The van der Waals surface area contributed by atoms with Gasteiger partial charge in [-0.1, -0.05) is 84.9 Å². The van der Waals surface area contributed by atoms with Crippen LogP contribution < -0.4 is 0 Å². The largest absolute Gasteiger partial charge is 0.235 e. The Morgan fingerprint density at radius 2 is 1.37 bits per heavy atom. The molecule has 0 atom stereocenters. The molecule has 0 N–H and O–H groups in total. The quantitative estimate of drug-likeness (QED) is 0.385. The van der Waals surface area contributed by atoms with Gasteiger partial charge in [0.15, 0.2) is 0 Å². The Labute approximate surface area is 162 Å². The van der Waals surface area contributed by atoms with Crippen LogP contribution in [0.15, 0.2) is 90.3 Å². The van der Waals surface area contributed by atoms with E-state index >= 15 is 0 Å². The van der Waals surface area contributed by atoms with Gasteiger partial charge in [-0.05, 0) is 22.8 Å². The Hall–Kier alpha value is -3.48. The highest BCUT2D eigenvalue weighted by molar-refractivity contribution is 7.11. The first-order valence-corrected chi connectivity index (χ1v) is 9.50. The molecule has 0 unspecified atom stereocenters. The van der Waals surface area contributed by atoms with Gasteiger partial charge in [0.1, 0.15) is 11.1 Å². The van der Waals surface area contributed by atoms with Crippen molar-refractivity contribution in [3.05, 3.63) is 101 Å². The molecule has 0 aliphatic rings. The second-order valence-electron chi connectivity index (χ2n) is 6.06. The van der Waals surface area contributed by atoms with Crippen molar-refractivity contribution in [3.8, 4) is 28.5 Å². The average Bonchev–Trinajstić information content (AvgIpc) is 3.23. The molecule has 0 radical (unpaired) electrons. The maximum atomic E-state index is 9.53. The lowest BCUT2D eigenvalue weighted by atomic mass is 10.0. The number of nitriles is 1. The lowest BCUT2D eigenvalue weighted by Crippen LogP contribution is -1.83. The van der Waals surface area contributed by atoms with Gasteiger partial charge < -0.3 is 0 Å². The molecule has 2 nitrogen and oxygen atoms in total. The molecule has 4 aromatic rings. The van der Waals surface area contributed by atoms with Gasteiger partial charge in [0, 0.05) is 10.9 Å². The second kappa shape index (κ2) is 7.82. The van der Waals surface area contributed by atoms with Gasteiger partial charge in [-0.15, -0.1) is 11.3 Å². The summed E-state index contributed by atoms with van der Waals surface area (Å²) in [7, 11) is 0. The fourth-order valence-electron chi connectivity index (χ4n) is 2.85. The molecule has 27 heavy (non-hydrogen) atoms. The Morgan fingerprint density at radius 1 is 0.778 bits per heavy atom. The minimum absolute atomic E-state index is 0.582. The number of hydrogen-bond acceptors (Lipinski definition) is 3. The van der Waals surface area contributed by atoms with Gasteiger partial charge in [0.05, 0.1) is 11.3 Å². The monoisotopic (exact) mass is 364 g/mol. The van der Waals surface area contributed by atoms with Gasteiger partial charge in [-0.25, -0.2) is 4.98 Å². The SMILES string of the molecule is N#CC(=Cc1ccccc1)c1nc(-c2ccc(-c3ccccc3)cc2)cs1. The third-order valence-corrected chi connectivity index (χ3v) is 5.13. The van der Waals surface area contributed by atoms with Crippen molar-refractivity contribution >= 4 is 23.0 Å². The molecule has 1 aromatic heterocycles. The van der Waals surface area contributed by atoms with Crippen LogP contribution in [0, 0.1) is 11.3 Å². The van der Waals surface area contributed by atoms with Crippen molar-refractivity contribution in [1.29, 1.82) is 5.26 Å². The van der Waals surface area contributed by atoms with E-state index in [-0.39, 0.29) is 0 Å². The molecule has 4 rings (SSSR count). The fourth-order valence-corrected chi connectivity index (χ4v) is 3.65. The lowest BCUT2D eigenvalue weighted by molar-refractivity contribution is 1.37. The Morgan fingerprint density at radius 3 is 2.04 bits per heavy atom. The fraction of sp³-hybridized carbons (Fsp3) is 0. The van der Waals surface area contributed by atoms with E-state index in [1.54, 1.807) is 0 Å². The zero-order valence-electron chi connectivity index (χ0n) is 14.5. The molecule has 0 saturated heterocycles. The highest BCUT2D eigenvalue weighted by Crippen LogP contribution is 2.29. The number of thiazole rings is 1. The van der Waals surface area contributed by atoms with Crippen LogP contribution >= 0.6 is 11.3 Å². The molecule has 0 fully saturated rings. The van der Waals surface area contributed by atoms with Gasteiger partial charge in [-0.3, -0.25) is 0 Å². The van der Waals surface area contributed by atoms with E-state index in [0.717, 1.165) is 21.8 Å². The summed E-state index contributed by atoms with van der Waals surface area (Å²) >= 11 is 1.49. The zero-order chi connectivity index (χ0) is 18.5. The number of nitrogens with zero attached hydrogens (tertiary/aromatic N) is 2. The summed E-state index contributed by atoms with van der Waals surface area (Å²) in [5, 5.41) is 12.3. The van der Waals surface area contributed by atoms with Crippen LogP contribution in [0.25, 0.3) is 34.0 Å². The van der Waals surface area contributed by atoms with E-state index in [9.17, 15) is 5.26 Å². The summed E-state index contributed by atoms with van der Waals surface area (Å²) in [5.41, 5.74) is 5.89. The average molecular weight is 364 g/mol. The van der Waals surface area contributed by atoms with E-state index < -0.39 is 0 Å². The van der Waals surface area contributed by atoms with E-state index in [2.05, 4.69) is 47.5 Å². The minimum Gasteiger partial charge on any atom is -0.235 e. The van der Waals surface area contributed by atoms with Crippen LogP contribution in [0.5, 0.6) is 0 Å². The van der Waals surface area contributed by atoms with Gasteiger partial charge in [-0.2, -0.15) is 5.26 Å². The topological polar surface area (TPSA) is 36.7 Å². The van der Waals surface area contributed by atoms with Crippen LogP contribution in [-0.2, 0) is 0 Å². The van der Waals surface area contributed by atoms with Crippen LogP contribution in [0.3, 0.4) is 0 Å². The van der Waals surface area contributed by atoms with Crippen LogP contribution in [0.2, 0.25) is 0 Å². The van der Waals surface area contributed by atoms with E-state index in [4.69, 9.17) is 0 Å². The summed E-state index contributed by atoms with van der Waals surface area (Å²) in [5.74, 6) is 0. The van der Waals surface area contributed by atoms with Gasteiger partial charge >= 0.3 is 0 Å². The van der Waals surface area contributed by atoms with E-state index in [1.165, 1.54) is 22.5 Å². The first-order chi connectivity index (χ1) is 13.3. The van der Waals surface area contributed by atoms with E-state index in [0.29, 0.717) is 5.57 Å². The first-order valence-electron chi connectivity index (χ1n) is 8.62. The third kappa shape index (κ3) is 3.87. The number of aromatic nitrogens is 1. The highest BCUT2D eigenvalue weighted by Gasteiger charge is 2.09. The standard InChI is InChI=1S/C24H16N2S/c25-16-22(15-18-7-3-1-4-8-18)24-26-23(17-27-24)21-13-11-20(12-14-21)19-9-5-2-6-10-19/h1-15,17H. The normalized spacial score (nSPS) is 11.1. The predicted molar refractivity (Wildman–Crippen MR) is 113 cm³/mol. The van der Waals surface area contributed by atoms with Crippen LogP contribution in [-0.4, -0.2) is 4.98 Å². The predicted octanol–water partition coefficient (Wildman–Crippen LogP) is 6.54. The van der Waals surface area contributed by atoms with Crippen molar-refractivity contribution < 1.29 is 0 Å². The second-order valence-corrected chi connectivity index (χ2v) is 6.92. The van der Waals surface area contributed by atoms with Crippen molar-refractivity contribution in [2.75, 3.05) is 0 Å². The van der Waals surface area contributed by atoms with Crippen molar-refractivity contribution in [1.82, 2.24) is 4.98 Å². The molecular formula is C24H16N2S. The molecule has 0 saturated carbocycles. The molecule has 3 heteroatoms. The molecule has 0 aliphatic heterocycles. The van der Waals surface area contributed by atoms with Gasteiger partial charge in [0.2, 0.25) is 0 Å². The van der Waals surface area contributed by atoms with Crippen molar-refractivity contribution in [3.63, 3.8) is 0 Å². The van der Waals surface area contributed by atoms with Crippen molar-refractivity contribution in [2.45, 2.75) is 0 Å². The van der Waals surface area contributed by atoms with Crippen LogP contribution in [0.1, 0.15) is 10.6 Å². The Balaban J connectivity index is 1.61. The number of hydrogen-bond donors (Lipinski definition) is 0. The Kier molecular flexibility index (Phi) is 4.91. The molecule has 0 spiro atoms. The maximum Gasteiger partial charge on any atom is 0.134 e. The molecular weight excluding hydrogens is 348 g/mol. The van der Waals surface area contributed by atoms with E-state index in [1.807, 2.05) is 60.0 Å². The van der Waals surface area contributed by atoms with Gasteiger partial charge in [0.25, 0.3) is 0 Å². The summed E-state index contributed by atoms with van der Waals surface area (Å²) in [6.45, 7) is 0. The molecule has 0 aliphatic carbocycles. The molecule has 3 aromatic carbocycles. The van der Waals surface area contributed by atoms with Crippen LogP contribution in [0.4, 0.5) is 0 Å². The molecule has 128 valence electrons. The first kappa shape index (κ1) is 17.0. The molecule has 0 bridgehead atoms. The summed E-state index contributed by atoms with van der Waals surface area (Å²) in [6, 6.07) is 30.8.